The van der Waals surface area contributed by atoms with Crippen molar-refractivity contribution in [1.82, 2.24) is 0 Å². The van der Waals surface area contributed by atoms with E-state index in [1.54, 1.807) is 6.92 Å². The lowest BCUT2D eigenvalue weighted by Crippen LogP contribution is -2.29. The minimum Gasteiger partial charge on any atom is -0.371 e. The fourth-order valence-corrected chi connectivity index (χ4v) is 5.99. The third-order valence-corrected chi connectivity index (χ3v) is 8.78. The minimum absolute atomic E-state index is 0.00629. The molecule has 1 N–H and O–H groups in total. The number of ether oxygens (including phenoxy) is 1. The third kappa shape index (κ3) is 7.15. The number of Topliss-reactive ketones (excluding diaryl/α,β-unsaturated/α-hetero) is 1. The molecule has 1 saturated carbocycles. The summed E-state index contributed by atoms with van der Waals surface area (Å²) in [6.45, 7) is 3.32. The number of nitrogens with one attached hydrogen (secondary N) is 1. The first kappa shape index (κ1) is 35.5. The lowest BCUT2D eigenvalue weighted by Gasteiger charge is -2.21. The molecule has 3 aromatic rings. The van der Waals surface area contributed by atoms with Gasteiger partial charge in [0.1, 0.15) is 22.1 Å². The Balaban J connectivity index is 1.55. The van der Waals surface area contributed by atoms with E-state index in [9.17, 15) is 36.3 Å². The first-order chi connectivity index (χ1) is 21.4. The van der Waals surface area contributed by atoms with Gasteiger partial charge in [-0.2, -0.15) is 13.2 Å². The van der Waals surface area contributed by atoms with Crippen molar-refractivity contribution < 1.29 is 45.5 Å². The molecule has 3 atom stereocenters. The van der Waals surface area contributed by atoms with Crippen LogP contribution in [0.15, 0.2) is 48.5 Å². The largest absolute Gasteiger partial charge is 0.419 e. The van der Waals surface area contributed by atoms with Gasteiger partial charge < -0.3 is 15.0 Å². The molecule has 0 aromatic heterocycles. The SMILES string of the molecule is CCOC(C)C(=O)Cc1c(F)ccc(N(C)C(=O)c2cc(NC(=O)[C@H]3[C@H](c4ccc(F)c(C(F)(F)F)c4)C3(Cl)Cl)ccc2Cl)c1F. The highest BCUT2D eigenvalue weighted by Crippen LogP contribution is 2.65. The average molecular weight is 710 g/mol. The van der Waals surface area contributed by atoms with Crippen molar-refractivity contribution in [3.05, 3.63) is 93.3 Å². The van der Waals surface area contributed by atoms with Gasteiger partial charge in [-0.1, -0.05) is 17.7 Å². The van der Waals surface area contributed by atoms with E-state index in [-0.39, 0.29) is 34.1 Å². The molecule has 0 radical (unpaired) electrons. The van der Waals surface area contributed by atoms with Crippen molar-refractivity contribution in [2.75, 3.05) is 23.9 Å². The van der Waals surface area contributed by atoms with Crippen LogP contribution in [0.5, 0.6) is 0 Å². The molecule has 6 nitrogen and oxygen atoms in total. The predicted octanol–water partition coefficient (Wildman–Crippen LogP) is 8.12. The molecule has 1 aliphatic carbocycles. The minimum atomic E-state index is -4.99. The number of anilines is 2. The molecule has 0 saturated heterocycles. The molecule has 4 rings (SSSR count). The Bertz CT molecular complexity index is 1700. The maximum Gasteiger partial charge on any atom is 0.419 e. The molecule has 1 fully saturated rings. The Hall–Kier alpha value is -3.32. The van der Waals surface area contributed by atoms with E-state index in [0.29, 0.717) is 12.1 Å². The summed E-state index contributed by atoms with van der Waals surface area (Å²) < 4.78 is 86.8. The molecule has 2 amide bonds. The normalized spacial score (nSPS) is 17.7. The highest BCUT2D eigenvalue weighted by atomic mass is 35.5. The van der Waals surface area contributed by atoms with Crippen LogP contribution in [0.2, 0.25) is 5.02 Å². The first-order valence-electron chi connectivity index (χ1n) is 13.6. The average Bonchev–Trinajstić information content (AvgIpc) is 3.56. The lowest BCUT2D eigenvalue weighted by molar-refractivity contribution is -0.140. The van der Waals surface area contributed by atoms with Gasteiger partial charge in [-0.25, -0.2) is 13.2 Å². The number of nitrogens with zero attached hydrogens (tertiary/aromatic N) is 1. The maximum atomic E-state index is 15.5. The predicted molar refractivity (Wildman–Crippen MR) is 161 cm³/mol. The smallest absolute Gasteiger partial charge is 0.371 e. The second-order valence-corrected chi connectivity index (χ2v) is 12.4. The van der Waals surface area contributed by atoms with E-state index >= 15 is 4.39 Å². The van der Waals surface area contributed by atoms with Crippen LogP contribution in [0, 0.1) is 23.4 Å². The Morgan fingerprint density at radius 2 is 1.67 bits per heavy atom. The van der Waals surface area contributed by atoms with Crippen LogP contribution in [-0.4, -0.2) is 41.7 Å². The van der Waals surface area contributed by atoms with Crippen molar-refractivity contribution >= 4 is 63.8 Å². The molecule has 3 aromatic carbocycles. The number of halogens is 9. The van der Waals surface area contributed by atoms with Crippen LogP contribution < -0.4 is 10.2 Å². The van der Waals surface area contributed by atoms with Gasteiger partial charge >= 0.3 is 6.18 Å². The number of hydrogen-bond donors (Lipinski definition) is 1. The molecule has 0 spiro atoms. The van der Waals surface area contributed by atoms with Gasteiger partial charge in [-0.3, -0.25) is 14.4 Å². The molecule has 0 heterocycles. The molecule has 1 unspecified atom stereocenters. The summed E-state index contributed by atoms with van der Waals surface area (Å²) >= 11 is 18.7. The van der Waals surface area contributed by atoms with Gasteiger partial charge in [-0.15, -0.1) is 23.2 Å². The van der Waals surface area contributed by atoms with Crippen molar-refractivity contribution in [1.29, 1.82) is 0 Å². The number of amides is 2. The van der Waals surface area contributed by atoms with E-state index in [0.717, 1.165) is 29.2 Å². The van der Waals surface area contributed by atoms with Gasteiger partial charge in [0.05, 0.1) is 27.8 Å². The van der Waals surface area contributed by atoms with Gasteiger partial charge in [-0.05, 0) is 61.9 Å². The zero-order valence-electron chi connectivity index (χ0n) is 24.2. The molecule has 246 valence electrons. The molecular formula is C31H25Cl3F6N2O4. The van der Waals surface area contributed by atoms with E-state index in [4.69, 9.17) is 39.5 Å². The summed E-state index contributed by atoms with van der Waals surface area (Å²) in [6.07, 6.45) is -6.53. The second kappa shape index (κ2) is 13.4. The van der Waals surface area contributed by atoms with Gasteiger partial charge in [0.2, 0.25) is 5.91 Å². The molecule has 0 bridgehead atoms. The standard InChI is InChI=1S/C31H25Cl3F6N2O4/c1-4-46-14(2)24(43)13-18-21(35)9-10-23(27(18)37)42(3)29(45)17-12-16(6-7-20(17)32)41-28(44)26-25(30(26,33)34)15-5-8-22(36)19(11-15)31(38,39)40/h5-12,14,25-26H,4,13H2,1-3H3,(H,41,44)/t14?,25-,26+/m0/s1. The number of carbonyl (C=O) groups is 3. The summed E-state index contributed by atoms with van der Waals surface area (Å²) in [7, 11) is 1.19. The molecule has 0 aliphatic heterocycles. The van der Waals surface area contributed by atoms with Crippen LogP contribution >= 0.6 is 34.8 Å². The monoisotopic (exact) mass is 708 g/mol. The van der Waals surface area contributed by atoms with Crippen molar-refractivity contribution in [2.45, 2.75) is 42.8 Å². The Labute approximate surface area is 274 Å². The second-order valence-electron chi connectivity index (χ2n) is 10.5. The maximum absolute atomic E-state index is 15.5. The van der Waals surface area contributed by atoms with E-state index in [1.165, 1.54) is 26.1 Å². The Kier molecular flexibility index (Phi) is 10.4. The fourth-order valence-electron chi connectivity index (χ4n) is 4.97. The van der Waals surface area contributed by atoms with E-state index in [1.807, 2.05) is 0 Å². The molecular weight excluding hydrogens is 685 g/mol. The Morgan fingerprint density at radius 3 is 2.30 bits per heavy atom. The van der Waals surface area contributed by atoms with Gasteiger partial charge in [0, 0.05) is 37.2 Å². The molecule has 46 heavy (non-hydrogen) atoms. The third-order valence-electron chi connectivity index (χ3n) is 7.51. The van der Waals surface area contributed by atoms with Crippen molar-refractivity contribution in [3.8, 4) is 0 Å². The van der Waals surface area contributed by atoms with Crippen LogP contribution in [-0.2, 0) is 26.9 Å². The quantitative estimate of drug-likeness (QED) is 0.171. The number of alkyl halides is 5. The van der Waals surface area contributed by atoms with Crippen molar-refractivity contribution in [3.63, 3.8) is 0 Å². The number of rotatable bonds is 10. The Morgan fingerprint density at radius 1 is 1.02 bits per heavy atom. The lowest BCUT2D eigenvalue weighted by atomic mass is 10.0. The summed E-state index contributed by atoms with van der Waals surface area (Å²) in [5, 5.41) is 2.38. The summed E-state index contributed by atoms with van der Waals surface area (Å²) in [5.74, 6) is -8.27. The topological polar surface area (TPSA) is 75.7 Å². The highest BCUT2D eigenvalue weighted by molar-refractivity contribution is 6.53. The van der Waals surface area contributed by atoms with E-state index < -0.39 is 81.0 Å². The summed E-state index contributed by atoms with van der Waals surface area (Å²) in [5.41, 5.74) is -2.78. The van der Waals surface area contributed by atoms with Crippen LogP contribution in [0.25, 0.3) is 0 Å². The van der Waals surface area contributed by atoms with Crippen LogP contribution in [0.4, 0.5) is 37.7 Å². The molecule has 1 aliphatic rings. The highest BCUT2D eigenvalue weighted by Gasteiger charge is 2.67. The van der Waals surface area contributed by atoms with Gasteiger partial charge in [0.15, 0.2) is 11.6 Å². The zero-order chi connectivity index (χ0) is 34.3. The fraction of sp³-hybridized carbons (Fsp3) is 0.323. The van der Waals surface area contributed by atoms with Gasteiger partial charge in [0.25, 0.3) is 5.91 Å². The van der Waals surface area contributed by atoms with Crippen molar-refractivity contribution in [2.24, 2.45) is 5.92 Å². The number of benzene rings is 3. The number of ketones is 1. The summed E-state index contributed by atoms with van der Waals surface area (Å²) in [4.78, 5) is 39.8. The first-order valence-corrected chi connectivity index (χ1v) is 14.8. The zero-order valence-corrected chi connectivity index (χ0v) is 26.5. The van der Waals surface area contributed by atoms with E-state index in [2.05, 4.69) is 5.32 Å². The van der Waals surface area contributed by atoms with Crippen LogP contribution in [0.1, 0.15) is 46.8 Å². The number of carbonyl (C=O) groups excluding carboxylic acids is 3. The number of hydrogen-bond acceptors (Lipinski definition) is 4. The van der Waals surface area contributed by atoms with Crippen LogP contribution in [0.3, 0.4) is 0 Å². The summed E-state index contributed by atoms with van der Waals surface area (Å²) in [6, 6.07) is 7.85. The molecule has 15 heteroatoms.